The lowest BCUT2D eigenvalue weighted by atomic mass is 10.0. The molecule has 4 N–H and O–H groups in total. The third-order valence-corrected chi connectivity index (χ3v) is 8.84. The molecule has 3 aliphatic heterocycles. The first-order valence-corrected chi connectivity index (χ1v) is 17.0. The fourth-order valence-electron chi connectivity index (χ4n) is 6.64. The molecule has 256 valence electrons. The molecule has 2 fully saturated rings. The summed E-state index contributed by atoms with van der Waals surface area (Å²) in [5, 5.41) is 0. The van der Waals surface area contributed by atoms with Crippen LogP contribution in [0.15, 0.2) is 11.6 Å². The number of hydrogen-bond donors (Lipinski definition) is 2. The maximum absolute atomic E-state index is 11.7. The minimum atomic E-state index is -0.455. The van der Waals surface area contributed by atoms with E-state index in [0.29, 0.717) is 50.6 Å². The summed E-state index contributed by atoms with van der Waals surface area (Å²) in [5.74, 6) is 0.355. The van der Waals surface area contributed by atoms with Crippen LogP contribution in [0.1, 0.15) is 119 Å². The zero-order chi connectivity index (χ0) is 34.3. The zero-order valence-electron chi connectivity index (χ0n) is 28.8. The number of hydrogen-bond acceptors (Lipinski definition) is 6. The number of carbonyl (C=O) groups excluding carboxylic acids is 6. The number of carbonyl (C=O) groups is 6. The van der Waals surface area contributed by atoms with Crippen molar-refractivity contribution < 1.29 is 28.8 Å². The second kappa shape index (κ2) is 20.0. The molecular weight excluding hydrogens is 574 g/mol. The summed E-state index contributed by atoms with van der Waals surface area (Å²) < 4.78 is 0. The van der Waals surface area contributed by atoms with E-state index in [2.05, 4.69) is 20.8 Å². The van der Waals surface area contributed by atoms with Gasteiger partial charge >= 0.3 is 0 Å². The summed E-state index contributed by atoms with van der Waals surface area (Å²) >= 11 is 0. The molecule has 3 aliphatic rings. The number of nitrogens with zero attached hydrogens (tertiary/aromatic N) is 3. The van der Waals surface area contributed by atoms with Crippen LogP contribution in [0.4, 0.5) is 0 Å². The minimum absolute atomic E-state index is 0.0795. The smallest absolute Gasteiger partial charge is 0.247 e. The summed E-state index contributed by atoms with van der Waals surface area (Å²) in [6.07, 6.45) is 11.0. The van der Waals surface area contributed by atoms with Crippen LogP contribution in [0.25, 0.3) is 0 Å². The van der Waals surface area contributed by atoms with Crippen LogP contribution >= 0.6 is 0 Å². The Morgan fingerprint density at radius 1 is 0.711 bits per heavy atom. The van der Waals surface area contributed by atoms with Gasteiger partial charge < -0.3 is 26.2 Å². The SMILES string of the molecule is CCCC1=CC(=O)N([C@@H](CC)C(N)=O)C1.CCC[C@@H]1CC(=O)N([C@@H](CC)C(C)=O)C1.CCC[C@H]1CC(=O)N([C@@H](CC)C(N)=O)C1. The first-order chi connectivity index (χ1) is 21.3. The van der Waals surface area contributed by atoms with Gasteiger partial charge in [-0.2, -0.15) is 0 Å². The van der Waals surface area contributed by atoms with E-state index >= 15 is 0 Å². The van der Waals surface area contributed by atoms with Crippen LogP contribution in [0.5, 0.6) is 0 Å². The Morgan fingerprint density at radius 3 is 1.49 bits per heavy atom. The number of likely N-dealkylation sites (tertiary alicyclic amines) is 2. The van der Waals surface area contributed by atoms with Gasteiger partial charge in [-0.25, -0.2) is 0 Å². The molecule has 3 heterocycles. The van der Waals surface area contributed by atoms with Crippen molar-refractivity contribution in [2.75, 3.05) is 19.6 Å². The number of ketones is 1. The minimum Gasteiger partial charge on any atom is -0.368 e. The maximum Gasteiger partial charge on any atom is 0.247 e. The van der Waals surface area contributed by atoms with Crippen LogP contribution in [0.3, 0.4) is 0 Å². The number of amides is 5. The lowest BCUT2D eigenvalue weighted by Gasteiger charge is -2.24. The highest BCUT2D eigenvalue weighted by molar-refractivity contribution is 5.95. The van der Waals surface area contributed by atoms with E-state index in [1.807, 2.05) is 20.8 Å². The second-order valence-corrected chi connectivity index (χ2v) is 12.5. The second-order valence-electron chi connectivity index (χ2n) is 12.5. The molecule has 45 heavy (non-hydrogen) atoms. The zero-order valence-corrected chi connectivity index (χ0v) is 28.8. The molecule has 5 atom stereocenters. The van der Waals surface area contributed by atoms with E-state index in [-0.39, 0.29) is 35.5 Å². The van der Waals surface area contributed by atoms with Crippen molar-refractivity contribution in [2.45, 2.75) is 137 Å². The normalized spacial score (nSPS) is 21.4. The number of primary amides is 2. The van der Waals surface area contributed by atoms with E-state index in [1.165, 1.54) is 0 Å². The lowest BCUT2D eigenvalue weighted by Crippen LogP contribution is -2.45. The highest BCUT2D eigenvalue weighted by Crippen LogP contribution is 2.26. The van der Waals surface area contributed by atoms with Gasteiger partial charge in [-0.1, -0.05) is 60.8 Å². The maximum atomic E-state index is 11.7. The average Bonchev–Trinajstić information content (AvgIpc) is 3.63. The van der Waals surface area contributed by atoms with Crippen LogP contribution < -0.4 is 11.5 Å². The topological polar surface area (TPSA) is 164 Å². The molecule has 0 aromatic rings. The van der Waals surface area contributed by atoms with Gasteiger partial charge in [0.05, 0.1) is 6.04 Å². The fraction of sp³-hybridized carbons (Fsp3) is 0.765. The van der Waals surface area contributed by atoms with Crippen molar-refractivity contribution in [1.82, 2.24) is 14.7 Å². The van der Waals surface area contributed by atoms with E-state index < -0.39 is 18.0 Å². The Kier molecular flexibility index (Phi) is 17.7. The van der Waals surface area contributed by atoms with Crippen LogP contribution in [-0.2, 0) is 28.8 Å². The number of rotatable bonds is 15. The first-order valence-electron chi connectivity index (χ1n) is 17.0. The van der Waals surface area contributed by atoms with Crippen molar-refractivity contribution in [3.8, 4) is 0 Å². The van der Waals surface area contributed by atoms with E-state index in [4.69, 9.17) is 11.5 Å². The van der Waals surface area contributed by atoms with E-state index in [0.717, 1.165) is 57.1 Å². The molecule has 3 rings (SSSR count). The molecule has 0 aromatic heterocycles. The van der Waals surface area contributed by atoms with Crippen molar-refractivity contribution in [3.05, 3.63) is 11.6 Å². The molecule has 0 unspecified atom stereocenters. The van der Waals surface area contributed by atoms with Gasteiger partial charge in [-0.05, 0) is 62.9 Å². The van der Waals surface area contributed by atoms with Crippen LogP contribution in [-0.4, -0.2) is 87.8 Å². The van der Waals surface area contributed by atoms with E-state index in [1.54, 1.807) is 27.7 Å². The summed E-state index contributed by atoms with van der Waals surface area (Å²) in [5.41, 5.74) is 11.6. The highest BCUT2D eigenvalue weighted by atomic mass is 16.2. The van der Waals surface area contributed by atoms with Gasteiger partial charge in [-0.15, -0.1) is 0 Å². The Hall–Kier alpha value is -3.24. The van der Waals surface area contributed by atoms with Crippen molar-refractivity contribution >= 4 is 35.3 Å². The van der Waals surface area contributed by atoms with Gasteiger partial charge in [0.2, 0.25) is 29.5 Å². The van der Waals surface area contributed by atoms with Gasteiger partial charge in [0.15, 0.2) is 5.78 Å². The number of nitrogens with two attached hydrogens (primary N) is 2. The average molecular weight is 634 g/mol. The summed E-state index contributed by atoms with van der Waals surface area (Å²) in [6, 6.07) is -1.04. The lowest BCUT2D eigenvalue weighted by molar-refractivity contribution is -0.136. The van der Waals surface area contributed by atoms with Crippen molar-refractivity contribution in [1.29, 1.82) is 0 Å². The standard InChI is InChI=1S/C12H21NO2.C11H20N2O2.C11H18N2O2/c1-4-6-10-7-12(15)13(8-10)11(5-2)9(3)14;2*1-3-5-8-6-10(14)13(7-8)9(4-2)11(12)15/h10-11H,4-8H2,1-3H3;8-9H,3-7H2,1-2H3,(H2,12,15);6,9H,3-5,7H2,1-2H3,(H2,12,15)/t10-,11+;8-,9-;9-/m100/s1. The Balaban J connectivity index is 0.000000337. The van der Waals surface area contributed by atoms with Crippen LogP contribution in [0.2, 0.25) is 0 Å². The molecule has 11 nitrogen and oxygen atoms in total. The van der Waals surface area contributed by atoms with Crippen molar-refractivity contribution in [2.24, 2.45) is 23.3 Å². The predicted molar refractivity (Wildman–Crippen MR) is 175 cm³/mol. The van der Waals surface area contributed by atoms with Gasteiger partial charge in [0.25, 0.3) is 0 Å². The molecule has 0 radical (unpaired) electrons. The van der Waals surface area contributed by atoms with Gasteiger partial charge in [-0.3, -0.25) is 28.8 Å². The molecule has 5 amide bonds. The Morgan fingerprint density at radius 2 is 1.13 bits per heavy atom. The molecule has 0 aromatic carbocycles. The summed E-state index contributed by atoms with van der Waals surface area (Å²) in [7, 11) is 0. The molecule has 0 spiro atoms. The summed E-state index contributed by atoms with van der Waals surface area (Å²) in [4.78, 5) is 73.7. The molecule has 2 saturated heterocycles. The Labute approximate surface area is 270 Å². The molecule has 0 bridgehead atoms. The quantitative estimate of drug-likeness (QED) is 0.279. The fourth-order valence-corrected chi connectivity index (χ4v) is 6.64. The first kappa shape index (κ1) is 39.8. The number of Topliss-reactive ketones (excluding diaryl/α,β-unsaturated/α-hetero) is 1. The highest BCUT2D eigenvalue weighted by Gasteiger charge is 2.36. The molecule has 0 saturated carbocycles. The third-order valence-electron chi connectivity index (χ3n) is 8.84. The monoisotopic (exact) mass is 633 g/mol. The molecule has 11 heteroatoms. The predicted octanol–water partition coefficient (Wildman–Crippen LogP) is 3.72. The molecule has 0 aliphatic carbocycles. The molecular formula is C34H59N5O6. The third kappa shape index (κ3) is 11.9. The largest absolute Gasteiger partial charge is 0.368 e. The van der Waals surface area contributed by atoms with Gasteiger partial charge in [0.1, 0.15) is 12.1 Å². The van der Waals surface area contributed by atoms with Crippen molar-refractivity contribution in [3.63, 3.8) is 0 Å². The Bertz CT molecular complexity index is 980. The van der Waals surface area contributed by atoms with E-state index in [9.17, 15) is 28.8 Å². The summed E-state index contributed by atoms with van der Waals surface area (Å²) in [6.45, 7) is 15.7. The van der Waals surface area contributed by atoms with Gasteiger partial charge in [0, 0.05) is 38.6 Å². The van der Waals surface area contributed by atoms with Crippen LogP contribution in [0, 0.1) is 11.8 Å².